The Morgan fingerprint density at radius 3 is 2.37 bits per heavy atom. The fraction of sp³-hybridized carbons (Fsp3) is 0.550. The predicted molar refractivity (Wildman–Crippen MR) is 106 cm³/mol. The Labute approximate surface area is 161 Å². The molecule has 0 saturated carbocycles. The molecule has 1 fully saturated rings. The molecule has 2 amide bonds. The van der Waals surface area contributed by atoms with Crippen molar-refractivity contribution in [1.82, 2.24) is 9.62 Å². The number of urea groups is 1. The van der Waals surface area contributed by atoms with Gasteiger partial charge in [-0.05, 0) is 87.2 Å². The molecule has 1 saturated heterocycles. The molecule has 1 aliphatic heterocycles. The minimum Gasteiger partial charge on any atom is -0.307 e. The molecule has 146 valence electrons. The van der Waals surface area contributed by atoms with Crippen LogP contribution in [0.3, 0.4) is 0 Å². The zero-order valence-corrected chi connectivity index (χ0v) is 16.6. The number of likely N-dealkylation sites (N-methyl/N-ethyl adjacent to an activating group) is 1. The molecule has 2 N–H and O–H groups in total. The molecule has 4 rings (SSSR count). The molecular weight excluding hydrogens is 362 g/mol. The minimum atomic E-state index is -3.81. The molecule has 1 aromatic rings. The van der Waals surface area contributed by atoms with Crippen LogP contribution in [0.25, 0.3) is 0 Å². The number of likely N-dealkylation sites (tertiary alicyclic amines) is 1. The van der Waals surface area contributed by atoms with Crippen molar-refractivity contribution in [2.24, 2.45) is 0 Å². The Hall–Kier alpha value is -1.86. The average molecular weight is 390 g/mol. The summed E-state index contributed by atoms with van der Waals surface area (Å²) in [5, 5.41) is 3.99. The fourth-order valence-corrected chi connectivity index (χ4v) is 5.41. The van der Waals surface area contributed by atoms with Crippen LogP contribution >= 0.6 is 0 Å². The van der Waals surface area contributed by atoms with E-state index in [-0.39, 0.29) is 6.04 Å². The van der Waals surface area contributed by atoms with E-state index in [2.05, 4.69) is 21.0 Å². The van der Waals surface area contributed by atoms with E-state index in [1.165, 1.54) is 22.3 Å². The topological polar surface area (TPSA) is 78.5 Å². The molecule has 7 heteroatoms. The van der Waals surface area contributed by atoms with Crippen molar-refractivity contribution < 1.29 is 13.2 Å². The van der Waals surface area contributed by atoms with E-state index in [1.807, 2.05) is 7.05 Å². The second kappa shape index (κ2) is 7.28. The van der Waals surface area contributed by atoms with Crippen molar-refractivity contribution in [3.63, 3.8) is 0 Å². The number of amides is 2. The number of benzene rings is 1. The Morgan fingerprint density at radius 1 is 1.11 bits per heavy atom. The van der Waals surface area contributed by atoms with Gasteiger partial charge in [-0.25, -0.2) is 17.9 Å². The third-order valence-corrected chi connectivity index (χ3v) is 6.99. The van der Waals surface area contributed by atoms with Crippen molar-refractivity contribution in [2.45, 2.75) is 57.4 Å². The molecule has 1 aromatic carbocycles. The summed E-state index contributed by atoms with van der Waals surface area (Å²) in [7, 11) is -1.83. The highest BCUT2D eigenvalue weighted by atomic mass is 32.2. The van der Waals surface area contributed by atoms with Gasteiger partial charge in [-0.1, -0.05) is 12.1 Å². The van der Waals surface area contributed by atoms with Crippen LogP contribution in [0.2, 0.25) is 0 Å². The maximum atomic E-state index is 12.4. The third kappa shape index (κ3) is 3.89. The van der Waals surface area contributed by atoms with Crippen LogP contribution in [0.4, 0.5) is 10.5 Å². The van der Waals surface area contributed by atoms with Gasteiger partial charge in [0.2, 0.25) is 0 Å². The Balaban J connectivity index is 1.48. The largest absolute Gasteiger partial charge is 0.333 e. The summed E-state index contributed by atoms with van der Waals surface area (Å²) in [5.41, 5.74) is 5.83. The fourth-order valence-electron chi connectivity index (χ4n) is 4.64. The summed E-state index contributed by atoms with van der Waals surface area (Å²) in [6.45, 7) is 0.965. The first-order valence-corrected chi connectivity index (χ1v) is 11.4. The SMILES string of the molecule is CN1CCCC1C=CS(=O)(=O)NC(=O)Nc1c2c(cc3c1CCC3)CCC2. The lowest BCUT2D eigenvalue weighted by atomic mass is 9.99. The Kier molecular flexibility index (Phi) is 4.99. The van der Waals surface area contributed by atoms with Gasteiger partial charge in [0.05, 0.1) is 0 Å². The van der Waals surface area contributed by atoms with Gasteiger partial charge in [-0.15, -0.1) is 0 Å². The lowest BCUT2D eigenvalue weighted by molar-refractivity contribution is 0.256. The summed E-state index contributed by atoms with van der Waals surface area (Å²) in [6, 6.07) is 1.73. The van der Waals surface area contributed by atoms with Gasteiger partial charge in [0, 0.05) is 17.1 Å². The number of carbonyl (C=O) groups is 1. The van der Waals surface area contributed by atoms with Gasteiger partial charge >= 0.3 is 6.03 Å². The molecule has 2 aliphatic carbocycles. The maximum Gasteiger partial charge on any atom is 0.333 e. The van der Waals surface area contributed by atoms with Crippen LogP contribution in [0.5, 0.6) is 0 Å². The zero-order chi connectivity index (χ0) is 19.0. The van der Waals surface area contributed by atoms with Gasteiger partial charge in [-0.2, -0.15) is 0 Å². The van der Waals surface area contributed by atoms with Gasteiger partial charge in [0.15, 0.2) is 0 Å². The molecule has 0 radical (unpaired) electrons. The summed E-state index contributed by atoms with van der Waals surface area (Å²) in [4.78, 5) is 14.6. The van der Waals surface area contributed by atoms with Gasteiger partial charge in [0.1, 0.15) is 0 Å². The number of carbonyl (C=O) groups excluding carboxylic acids is 1. The number of hydrogen-bond donors (Lipinski definition) is 2. The van der Waals surface area contributed by atoms with Gasteiger partial charge in [-0.3, -0.25) is 4.90 Å². The second-order valence-electron chi connectivity index (χ2n) is 7.85. The molecule has 0 bridgehead atoms. The van der Waals surface area contributed by atoms with Crippen LogP contribution in [0.1, 0.15) is 47.9 Å². The van der Waals surface area contributed by atoms with Crippen LogP contribution in [0.15, 0.2) is 17.6 Å². The van der Waals surface area contributed by atoms with E-state index in [0.717, 1.165) is 69.0 Å². The number of nitrogens with one attached hydrogen (secondary N) is 2. The lowest BCUT2D eigenvalue weighted by Crippen LogP contribution is -2.34. The smallest absolute Gasteiger partial charge is 0.307 e. The van der Waals surface area contributed by atoms with Crippen molar-refractivity contribution in [3.8, 4) is 0 Å². The zero-order valence-electron chi connectivity index (χ0n) is 15.8. The monoisotopic (exact) mass is 389 g/mol. The summed E-state index contributed by atoms with van der Waals surface area (Å²) >= 11 is 0. The number of hydrogen-bond acceptors (Lipinski definition) is 4. The average Bonchev–Trinajstić information content (AvgIpc) is 3.32. The van der Waals surface area contributed by atoms with Crippen molar-refractivity contribution in [3.05, 3.63) is 39.8 Å². The van der Waals surface area contributed by atoms with E-state index in [9.17, 15) is 13.2 Å². The number of rotatable bonds is 4. The Bertz CT molecular complexity index is 860. The number of aryl methyl sites for hydroxylation is 2. The van der Waals surface area contributed by atoms with E-state index < -0.39 is 16.1 Å². The quantitative estimate of drug-likeness (QED) is 0.830. The molecule has 1 unspecified atom stereocenters. The highest BCUT2D eigenvalue weighted by Crippen LogP contribution is 2.38. The predicted octanol–water partition coefficient (Wildman–Crippen LogP) is 2.72. The lowest BCUT2D eigenvalue weighted by Gasteiger charge is -2.16. The van der Waals surface area contributed by atoms with Crippen molar-refractivity contribution in [2.75, 3.05) is 18.9 Å². The maximum absolute atomic E-state index is 12.4. The van der Waals surface area contributed by atoms with E-state index in [4.69, 9.17) is 0 Å². The minimum absolute atomic E-state index is 0.116. The first-order valence-electron chi connectivity index (χ1n) is 9.82. The molecule has 27 heavy (non-hydrogen) atoms. The van der Waals surface area contributed by atoms with Crippen LogP contribution in [-0.2, 0) is 35.7 Å². The first kappa shape index (κ1) is 18.5. The molecular formula is C20H27N3O3S. The van der Waals surface area contributed by atoms with Crippen LogP contribution < -0.4 is 10.0 Å². The second-order valence-corrected chi connectivity index (χ2v) is 9.42. The molecule has 3 aliphatic rings. The number of nitrogens with zero attached hydrogens (tertiary/aromatic N) is 1. The van der Waals surface area contributed by atoms with Crippen LogP contribution in [-0.4, -0.2) is 39.0 Å². The standard InChI is InChI=1S/C20H27N3O3S/c1-23-11-4-7-16(23)10-12-27(25,26)22-20(24)21-19-17-8-2-5-14(17)13-15-6-3-9-18(15)19/h10,12-13,16H,2-9,11H2,1H3,(H2,21,22,24). The van der Waals surface area contributed by atoms with E-state index >= 15 is 0 Å². The Morgan fingerprint density at radius 2 is 1.78 bits per heavy atom. The highest BCUT2D eigenvalue weighted by Gasteiger charge is 2.26. The third-order valence-electron chi connectivity index (χ3n) is 6.00. The van der Waals surface area contributed by atoms with Gasteiger partial charge in [0.25, 0.3) is 10.0 Å². The number of sulfonamides is 1. The summed E-state index contributed by atoms with van der Waals surface area (Å²) in [6.07, 6.45) is 9.80. The molecule has 6 nitrogen and oxygen atoms in total. The summed E-state index contributed by atoms with van der Waals surface area (Å²) in [5.74, 6) is 0. The van der Waals surface area contributed by atoms with Crippen molar-refractivity contribution >= 4 is 21.7 Å². The van der Waals surface area contributed by atoms with E-state index in [1.54, 1.807) is 6.08 Å². The van der Waals surface area contributed by atoms with Crippen molar-refractivity contribution in [1.29, 1.82) is 0 Å². The summed E-state index contributed by atoms with van der Waals surface area (Å²) < 4.78 is 26.7. The van der Waals surface area contributed by atoms with E-state index in [0.29, 0.717) is 0 Å². The molecule has 0 spiro atoms. The molecule has 0 aromatic heterocycles. The van der Waals surface area contributed by atoms with Crippen LogP contribution in [0, 0.1) is 0 Å². The normalized spacial score (nSPS) is 22.2. The number of anilines is 1. The molecule has 1 atom stereocenters. The molecule has 1 heterocycles. The first-order chi connectivity index (χ1) is 12.9. The highest BCUT2D eigenvalue weighted by molar-refractivity contribution is 7.92. The van der Waals surface area contributed by atoms with Gasteiger partial charge < -0.3 is 5.32 Å². The number of fused-ring (bicyclic) bond motifs is 2.